The molecule has 2 aromatic carbocycles. The number of hydrogen-bond donors (Lipinski definition) is 2. The third-order valence-corrected chi connectivity index (χ3v) is 4.75. The van der Waals surface area contributed by atoms with Crippen LogP contribution in [0.1, 0.15) is 38.8 Å². The van der Waals surface area contributed by atoms with Crippen molar-refractivity contribution in [2.75, 3.05) is 13.1 Å². The van der Waals surface area contributed by atoms with Crippen LogP contribution in [0.2, 0.25) is 0 Å². The van der Waals surface area contributed by atoms with E-state index < -0.39 is 12.2 Å². The van der Waals surface area contributed by atoms with Crippen molar-refractivity contribution in [1.29, 1.82) is 0 Å². The molecule has 30 heavy (non-hydrogen) atoms. The Morgan fingerprint density at radius 2 is 1.03 bits per heavy atom. The van der Waals surface area contributed by atoms with Gasteiger partial charge >= 0.3 is 0 Å². The Morgan fingerprint density at radius 1 is 0.700 bits per heavy atom. The predicted octanol–water partition coefficient (Wildman–Crippen LogP) is 3.28. The van der Waals surface area contributed by atoms with E-state index in [0.717, 1.165) is 12.8 Å². The second kappa shape index (κ2) is 11.9. The van der Waals surface area contributed by atoms with E-state index in [0.29, 0.717) is 24.6 Å². The fraction of sp³-hybridized carbons (Fsp3) is 0.417. The first-order chi connectivity index (χ1) is 14.4. The van der Waals surface area contributed by atoms with Crippen LogP contribution in [-0.4, -0.2) is 37.1 Å². The van der Waals surface area contributed by atoms with E-state index >= 15 is 0 Å². The van der Waals surface area contributed by atoms with Gasteiger partial charge in [0, 0.05) is 13.1 Å². The van der Waals surface area contributed by atoms with Gasteiger partial charge in [-0.15, -0.1) is 0 Å². The summed E-state index contributed by atoms with van der Waals surface area (Å²) in [7, 11) is 0. The molecule has 0 aliphatic heterocycles. The molecule has 2 amide bonds. The third-order valence-electron chi connectivity index (χ3n) is 4.75. The van der Waals surface area contributed by atoms with Crippen LogP contribution in [0, 0.1) is 0 Å². The lowest BCUT2D eigenvalue weighted by Crippen LogP contribution is -2.43. The molecule has 0 unspecified atom stereocenters. The molecule has 2 atom stereocenters. The first-order valence-corrected chi connectivity index (χ1v) is 10.5. The molecule has 0 radical (unpaired) electrons. The summed E-state index contributed by atoms with van der Waals surface area (Å²) in [5, 5.41) is 5.52. The normalized spacial score (nSPS) is 12.5. The Labute approximate surface area is 179 Å². The quantitative estimate of drug-likeness (QED) is 0.556. The smallest absolute Gasteiger partial charge is 0.260 e. The number of aryl methyl sites for hydroxylation is 2. The number of carbonyl (C=O) groups is 2. The highest BCUT2D eigenvalue weighted by Crippen LogP contribution is 2.15. The number of ether oxygens (including phenoxy) is 2. The SMILES string of the molecule is CCc1ccc(O[C@@H](C)C(=O)NCCNC(=O)[C@@H](C)Oc2ccc(CC)cc2)cc1. The van der Waals surface area contributed by atoms with Crippen LogP contribution in [0.15, 0.2) is 48.5 Å². The van der Waals surface area contributed by atoms with Crippen molar-refractivity contribution in [3.05, 3.63) is 59.7 Å². The second-order valence-corrected chi connectivity index (χ2v) is 7.10. The average Bonchev–Trinajstić information content (AvgIpc) is 2.77. The van der Waals surface area contributed by atoms with Crippen LogP contribution in [-0.2, 0) is 22.4 Å². The molecular formula is C24H32N2O4. The van der Waals surface area contributed by atoms with Crippen molar-refractivity contribution in [3.63, 3.8) is 0 Å². The van der Waals surface area contributed by atoms with Crippen LogP contribution in [0.5, 0.6) is 11.5 Å². The molecule has 0 saturated heterocycles. The average molecular weight is 413 g/mol. The summed E-state index contributed by atoms with van der Waals surface area (Å²) in [6, 6.07) is 15.4. The fourth-order valence-corrected chi connectivity index (χ4v) is 2.78. The van der Waals surface area contributed by atoms with Crippen LogP contribution in [0.25, 0.3) is 0 Å². The minimum absolute atomic E-state index is 0.232. The number of benzene rings is 2. The van der Waals surface area contributed by atoms with Crippen LogP contribution in [0.3, 0.4) is 0 Å². The highest BCUT2D eigenvalue weighted by molar-refractivity contribution is 5.81. The summed E-state index contributed by atoms with van der Waals surface area (Å²) in [5.41, 5.74) is 2.43. The molecule has 162 valence electrons. The molecule has 2 rings (SSSR count). The van der Waals surface area contributed by atoms with Gasteiger partial charge in [0.25, 0.3) is 11.8 Å². The molecule has 0 bridgehead atoms. The van der Waals surface area contributed by atoms with Gasteiger partial charge < -0.3 is 20.1 Å². The topological polar surface area (TPSA) is 76.7 Å². The van der Waals surface area contributed by atoms with Gasteiger partial charge in [-0.25, -0.2) is 0 Å². The number of amides is 2. The maximum absolute atomic E-state index is 12.2. The van der Waals surface area contributed by atoms with E-state index in [1.807, 2.05) is 48.5 Å². The third kappa shape index (κ3) is 7.43. The first kappa shape index (κ1) is 23.3. The fourth-order valence-electron chi connectivity index (χ4n) is 2.78. The van der Waals surface area contributed by atoms with E-state index in [1.54, 1.807) is 13.8 Å². The van der Waals surface area contributed by atoms with Crippen molar-refractivity contribution in [2.24, 2.45) is 0 Å². The Bertz CT molecular complexity index is 733. The van der Waals surface area contributed by atoms with E-state index in [2.05, 4.69) is 24.5 Å². The van der Waals surface area contributed by atoms with E-state index in [4.69, 9.17) is 9.47 Å². The van der Waals surface area contributed by atoms with Crippen molar-refractivity contribution in [1.82, 2.24) is 10.6 Å². The van der Waals surface area contributed by atoms with Crippen molar-refractivity contribution in [3.8, 4) is 11.5 Å². The maximum atomic E-state index is 12.2. The molecule has 0 spiro atoms. The predicted molar refractivity (Wildman–Crippen MR) is 118 cm³/mol. The minimum atomic E-state index is -0.624. The Kier molecular flexibility index (Phi) is 9.19. The highest BCUT2D eigenvalue weighted by atomic mass is 16.5. The molecule has 0 aliphatic rings. The Hall–Kier alpha value is -3.02. The maximum Gasteiger partial charge on any atom is 0.260 e. The van der Waals surface area contributed by atoms with Gasteiger partial charge in [0.05, 0.1) is 0 Å². The lowest BCUT2D eigenvalue weighted by molar-refractivity contribution is -0.129. The largest absolute Gasteiger partial charge is 0.481 e. The number of nitrogens with one attached hydrogen (secondary N) is 2. The number of rotatable bonds is 11. The molecule has 6 heteroatoms. The summed E-state index contributed by atoms with van der Waals surface area (Å²) >= 11 is 0. The zero-order valence-corrected chi connectivity index (χ0v) is 18.2. The van der Waals surface area contributed by atoms with Gasteiger partial charge in [-0.2, -0.15) is 0 Å². The second-order valence-electron chi connectivity index (χ2n) is 7.10. The summed E-state index contributed by atoms with van der Waals surface area (Å²) in [5.74, 6) is 0.843. The molecule has 0 saturated carbocycles. The van der Waals surface area contributed by atoms with Crippen LogP contribution < -0.4 is 20.1 Å². The van der Waals surface area contributed by atoms with Gasteiger partial charge in [-0.1, -0.05) is 38.1 Å². The molecule has 2 aromatic rings. The standard InChI is InChI=1S/C24H32N2O4/c1-5-19-7-11-21(12-8-19)29-17(3)23(27)25-15-16-26-24(28)18(4)30-22-13-9-20(6-2)10-14-22/h7-14,17-18H,5-6,15-16H2,1-4H3,(H,25,27)(H,26,28)/t17-,18+. The first-order valence-electron chi connectivity index (χ1n) is 10.5. The van der Waals surface area contributed by atoms with Crippen LogP contribution >= 0.6 is 0 Å². The minimum Gasteiger partial charge on any atom is -0.481 e. The lowest BCUT2D eigenvalue weighted by Gasteiger charge is -2.17. The van der Waals surface area contributed by atoms with Gasteiger partial charge in [-0.05, 0) is 62.1 Å². The van der Waals surface area contributed by atoms with E-state index in [-0.39, 0.29) is 11.8 Å². The highest BCUT2D eigenvalue weighted by Gasteiger charge is 2.16. The van der Waals surface area contributed by atoms with Crippen molar-refractivity contribution >= 4 is 11.8 Å². The van der Waals surface area contributed by atoms with Gasteiger partial charge in [0.2, 0.25) is 0 Å². The van der Waals surface area contributed by atoms with Crippen molar-refractivity contribution < 1.29 is 19.1 Å². The summed E-state index contributed by atoms with van der Waals surface area (Å²) in [4.78, 5) is 24.3. The van der Waals surface area contributed by atoms with E-state index in [9.17, 15) is 9.59 Å². The van der Waals surface area contributed by atoms with Crippen molar-refractivity contribution in [2.45, 2.75) is 52.7 Å². The Morgan fingerprint density at radius 3 is 1.33 bits per heavy atom. The molecule has 6 nitrogen and oxygen atoms in total. The van der Waals surface area contributed by atoms with Crippen LogP contribution in [0.4, 0.5) is 0 Å². The molecule has 0 aromatic heterocycles. The van der Waals surface area contributed by atoms with Gasteiger partial charge in [0.15, 0.2) is 12.2 Å². The number of hydrogen-bond acceptors (Lipinski definition) is 4. The lowest BCUT2D eigenvalue weighted by atomic mass is 10.2. The molecule has 0 fully saturated rings. The summed E-state index contributed by atoms with van der Waals surface area (Å²) < 4.78 is 11.3. The summed E-state index contributed by atoms with van der Waals surface area (Å²) in [6.07, 6.45) is 0.663. The zero-order valence-electron chi connectivity index (χ0n) is 18.2. The zero-order chi connectivity index (χ0) is 21.9. The molecular weight excluding hydrogens is 380 g/mol. The molecule has 0 heterocycles. The van der Waals surface area contributed by atoms with Gasteiger partial charge in [-0.3, -0.25) is 9.59 Å². The van der Waals surface area contributed by atoms with E-state index in [1.165, 1.54) is 11.1 Å². The Balaban J connectivity index is 1.67. The number of carbonyl (C=O) groups excluding carboxylic acids is 2. The summed E-state index contributed by atoms with van der Waals surface area (Å²) in [6.45, 7) is 8.18. The van der Waals surface area contributed by atoms with Gasteiger partial charge in [0.1, 0.15) is 11.5 Å². The molecule has 2 N–H and O–H groups in total. The monoisotopic (exact) mass is 412 g/mol. The molecule has 0 aliphatic carbocycles.